The Hall–Kier alpha value is -3.19. The van der Waals surface area contributed by atoms with E-state index in [0.717, 1.165) is 24.3 Å². The Labute approximate surface area is 253 Å². The molecule has 0 spiro atoms. The van der Waals surface area contributed by atoms with Crippen LogP contribution < -0.4 is 16.0 Å². The maximum Gasteiger partial charge on any atom is 0.419 e. The molecule has 3 N–H and O–H groups in total. The van der Waals surface area contributed by atoms with Crippen molar-refractivity contribution >= 4 is 81.2 Å². The van der Waals surface area contributed by atoms with E-state index in [-0.39, 0.29) is 21.8 Å². The van der Waals surface area contributed by atoms with E-state index in [1.165, 1.54) is 12.1 Å². The molecule has 1 aliphatic carbocycles. The molecular formula is C26H15Cl4F6N3O3. The number of hydrogen-bond acceptors (Lipinski definition) is 3. The Morgan fingerprint density at radius 3 is 2.19 bits per heavy atom. The minimum absolute atomic E-state index is 0.0194. The van der Waals surface area contributed by atoms with Gasteiger partial charge in [0.05, 0.1) is 27.8 Å². The Kier molecular flexibility index (Phi) is 8.94. The number of amides is 3. The fourth-order valence-corrected chi connectivity index (χ4v) is 5.24. The molecule has 2 atom stereocenters. The zero-order chi connectivity index (χ0) is 31.1. The summed E-state index contributed by atoms with van der Waals surface area (Å²) in [5.41, 5.74) is -3.33. The molecule has 1 aliphatic rings. The van der Waals surface area contributed by atoms with Gasteiger partial charge in [-0.25, -0.2) is 13.2 Å². The van der Waals surface area contributed by atoms with Gasteiger partial charge in [-0.1, -0.05) is 17.7 Å². The molecule has 6 nitrogen and oxygen atoms in total. The van der Waals surface area contributed by atoms with Crippen molar-refractivity contribution in [3.05, 3.63) is 87.7 Å². The number of benzene rings is 3. The van der Waals surface area contributed by atoms with Gasteiger partial charge in [0.15, 0.2) is 5.82 Å². The molecule has 0 heterocycles. The highest BCUT2D eigenvalue weighted by molar-refractivity contribution is 6.53. The third-order valence-corrected chi connectivity index (χ3v) is 7.71. The molecule has 0 aliphatic heterocycles. The molecule has 1 saturated carbocycles. The van der Waals surface area contributed by atoms with Gasteiger partial charge in [0.25, 0.3) is 5.91 Å². The molecule has 0 saturated heterocycles. The van der Waals surface area contributed by atoms with Crippen molar-refractivity contribution in [3.63, 3.8) is 0 Å². The summed E-state index contributed by atoms with van der Waals surface area (Å²) in [5, 5.41) is 6.41. The summed E-state index contributed by atoms with van der Waals surface area (Å²) in [6, 6.07) is 7.45. The summed E-state index contributed by atoms with van der Waals surface area (Å²) in [6.45, 7) is 0. The van der Waals surface area contributed by atoms with Crippen molar-refractivity contribution < 1.29 is 40.7 Å². The fourth-order valence-electron chi connectivity index (χ4n) is 4.14. The van der Waals surface area contributed by atoms with Crippen LogP contribution in [-0.4, -0.2) is 27.9 Å². The predicted octanol–water partition coefficient (Wildman–Crippen LogP) is 7.73. The van der Waals surface area contributed by atoms with E-state index in [1.54, 1.807) is 0 Å². The maximum atomic E-state index is 14.8. The van der Waals surface area contributed by atoms with E-state index in [9.17, 15) is 40.7 Å². The molecule has 3 amide bonds. The van der Waals surface area contributed by atoms with Crippen LogP contribution in [0, 0.1) is 23.4 Å². The average molecular weight is 673 g/mol. The van der Waals surface area contributed by atoms with E-state index >= 15 is 0 Å². The second-order valence-corrected chi connectivity index (χ2v) is 11.1. The first-order valence-corrected chi connectivity index (χ1v) is 13.2. The van der Waals surface area contributed by atoms with E-state index in [2.05, 4.69) is 10.6 Å². The van der Waals surface area contributed by atoms with E-state index in [1.807, 2.05) is 5.32 Å². The molecule has 222 valence electrons. The van der Waals surface area contributed by atoms with Gasteiger partial charge in [-0.3, -0.25) is 14.4 Å². The number of halogens is 10. The fraction of sp³-hybridized carbons (Fsp3) is 0.192. The van der Waals surface area contributed by atoms with Crippen molar-refractivity contribution in [1.29, 1.82) is 0 Å². The van der Waals surface area contributed by atoms with Crippen molar-refractivity contribution in [2.45, 2.75) is 16.4 Å². The third-order valence-electron chi connectivity index (χ3n) is 6.19. The van der Waals surface area contributed by atoms with Crippen molar-refractivity contribution in [2.24, 2.45) is 5.92 Å². The van der Waals surface area contributed by atoms with Gasteiger partial charge in [0.2, 0.25) is 11.8 Å². The highest BCUT2D eigenvalue weighted by Gasteiger charge is 2.67. The van der Waals surface area contributed by atoms with Crippen LogP contribution in [-0.2, 0) is 15.8 Å². The van der Waals surface area contributed by atoms with Crippen LogP contribution in [0.3, 0.4) is 0 Å². The minimum atomic E-state index is -5.00. The Balaban J connectivity index is 1.53. The van der Waals surface area contributed by atoms with Gasteiger partial charge in [-0.15, -0.1) is 34.8 Å². The van der Waals surface area contributed by atoms with Crippen LogP contribution >= 0.6 is 46.4 Å². The summed E-state index contributed by atoms with van der Waals surface area (Å²) < 4.78 is 80.2. The first kappa shape index (κ1) is 31.7. The number of carbonyl (C=O) groups is 3. The summed E-state index contributed by atoms with van der Waals surface area (Å²) in [6.07, 6.45) is -5.00. The summed E-state index contributed by atoms with van der Waals surface area (Å²) in [7, 11) is 0. The van der Waals surface area contributed by atoms with Crippen molar-refractivity contribution in [3.8, 4) is 0 Å². The normalized spacial score (nSPS) is 17.4. The highest BCUT2D eigenvalue weighted by atomic mass is 35.5. The molecular weight excluding hydrogens is 658 g/mol. The zero-order valence-electron chi connectivity index (χ0n) is 20.5. The molecule has 1 fully saturated rings. The van der Waals surface area contributed by atoms with Crippen LogP contribution in [0.25, 0.3) is 0 Å². The number of anilines is 3. The average Bonchev–Trinajstić information content (AvgIpc) is 3.50. The lowest BCUT2D eigenvalue weighted by Crippen LogP contribution is -2.19. The number of nitrogens with one attached hydrogen (secondary N) is 3. The van der Waals surface area contributed by atoms with E-state index in [0.29, 0.717) is 12.1 Å². The van der Waals surface area contributed by atoms with E-state index in [4.69, 9.17) is 46.4 Å². The number of alkyl halides is 6. The smallest absolute Gasteiger partial charge is 0.326 e. The molecule has 3 aromatic carbocycles. The van der Waals surface area contributed by atoms with Crippen LogP contribution in [0.1, 0.15) is 27.4 Å². The standard InChI is InChI=1S/C26H15Cl4F6N3O3/c27-9-18(40)39-22-16(32)5-6-17(21(22)33)38-23(41)12-8-11(2-3-14(12)28)37-24(42)20-19(25(20,29)30)10-1-4-15(31)13(7-10)26(34,35)36/h1-8,19-20H,9H2,(H,37,42)(H,38,41)(H,39,40)/t19-,20+/m0/s1. The number of hydrogen-bond donors (Lipinski definition) is 3. The molecule has 0 bridgehead atoms. The zero-order valence-corrected chi connectivity index (χ0v) is 23.5. The molecule has 0 unspecified atom stereocenters. The lowest BCUT2D eigenvalue weighted by Gasteiger charge is -2.13. The molecule has 0 aromatic heterocycles. The van der Waals surface area contributed by atoms with Gasteiger partial charge in [-0.2, -0.15) is 13.2 Å². The summed E-state index contributed by atoms with van der Waals surface area (Å²) >= 11 is 23.8. The second kappa shape index (κ2) is 11.8. The maximum absolute atomic E-state index is 14.8. The Morgan fingerprint density at radius 1 is 0.881 bits per heavy atom. The SMILES string of the molecule is O=C(CCl)Nc1c(F)ccc(NC(=O)c2cc(NC(=O)[C@H]3[C@H](c4ccc(F)c(C(F)(F)F)c4)C3(Cl)Cl)ccc2Cl)c1F. The molecule has 0 radical (unpaired) electrons. The monoisotopic (exact) mass is 671 g/mol. The number of rotatable bonds is 7. The lowest BCUT2D eigenvalue weighted by atomic mass is 10.0. The van der Waals surface area contributed by atoms with Crippen molar-refractivity contribution in [1.82, 2.24) is 0 Å². The van der Waals surface area contributed by atoms with Gasteiger partial charge in [-0.05, 0) is 48.0 Å². The number of carbonyl (C=O) groups excluding carboxylic acids is 3. The third kappa shape index (κ3) is 6.41. The molecule has 42 heavy (non-hydrogen) atoms. The van der Waals surface area contributed by atoms with E-state index < -0.39 is 80.3 Å². The Bertz CT molecular complexity index is 1600. The predicted molar refractivity (Wildman–Crippen MR) is 146 cm³/mol. The van der Waals surface area contributed by atoms with Crippen LogP contribution in [0.15, 0.2) is 48.5 Å². The molecule has 3 aromatic rings. The highest BCUT2D eigenvalue weighted by Crippen LogP contribution is 2.65. The summed E-state index contributed by atoms with van der Waals surface area (Å²) in [5.74, 6) is -9.63. The first-order chi connectivity index (χ1) is 19.6. The van der Waals surface area contributed by atoms with Gasteiger partial charge in [0.1, 0.15) is 27.5 Å². The quantitative estimate of drug-likeness (QED) is 0.177. The summed E-state index contributed by atoms with van der Waals surface area (Å²) in [4.78, 5) is 37.3. The second-order valence-electron chi connectivity index (χ2n) is 8.97. The van der Waals surface area contributed by atoms with Crippen LogP contribution in [0.5, 0.6) is 0 Å². The Morgan fingerprint density at radius 2 is 1.55 bits per heavy atom. The topological polar surface area (TPSA) is 87.3 Å². The largest absolute Gasteiger partial charge is 0.419 e. The van der Waals surface area contributed by atoms with Gasteiger partial charge in [0, 0.05) is 11.6 Å². The lowest BCUT2D eigenvalue weighted by molar-refractivity contribution is -0.140. The van der Waals surface area contributed by atoms with Gasteiger partial charge >= 0.3 is 6.18 Å². The van der Waals surface area contributed by atoms with Crippen LogP contribution in [0.4, 0.5) is 43.4 Å². The van der Waals surface area contributed by atoms with Gasteiger partial charge < -0.3 is 16.0 Å². The van der Waals surface area contributed by atoms with Crippen LogP contribution in [0.2, 0.25) is 5.02 Å². The first-order valence-electron chi connectivity index (χ1n) is 11.6. The molecule has 16 heteroatoms. The minimum Gasteiger partial charge on any atom is -0.326 e. The molecule has 4 rings (SSSR count). The van der Waals surface area contributed by atoms with Crippen molar-refractivity contribution in [2.75, 3.05) is 21.8 Å².